The first-order valence-electron chi connectivity index (χ1n) is 8.69. The number of fused-ring (bicyclic) bond motifs is 3. The van der Waals surface area contributed by atoms with Gasteiger partial charge in [-0.15, -0.1) is 11.3 Å². The number of aromatic nitrogens is 1. The molecule has 1 heterocycles. The summed E-state index contributed by atoms with van der Waals surface area (Å²) in [7, 11) is 0. The summed E-state index contributed by atoms with van der Waals surface area (Å²) in [5.41, 5.74) is 11.4. The molecule has 0 spiro atoms. The second kappa shape index (κ2) is 7.56. The van der Waals surface area contributed by atoms with Crippen LogP contribution >= 0.6 is 11.3 Å². The van der Waals surface area contributed by atoms with Crippen LogP contribution in [0.3, 0.4) is 0 Å². The van der Waals surface area contributed by atoms with Crippen LogP contribution in [-0.2, 0) is 19.3 Å². The van der Waals surface area contributed by atoms with Gasteiger partial charge in [-0.1, -0.05) is 25.1 Å². The summed E-state index contributed by atoms with van der Waals surface area (Å²) in [5, 5.41) is 10.3. The minimum absolute atomic E-state index is 0.242. The van der Waals surface area contributed by atoms with Crippen molar-refractivity contribution in [1.29, 1.82) is 0 Å². The van der Waals surface area contributed by atoms with Crippen molar-refractivity contribution < 1.29 is 5.11 Å². The number of aliphatic hydroxyl groups is 1. The second-order valence-corrected chi connectivity index (χ2v) is 7.43. The average Bonchev–Trinajstić information content (AvgIpc) is 2.98. The molecule has 23 heavy (non-hydrogen) atoms. The Morgan fingerprint density at radius 3 is 2.96 bits per heavy atom. The Bertz CT molecular complexity index is 665. The zero-order valence-electron chi connectivity index (χ0n) is 13.8. The summed E-state index contributed by atoms with van der Waals surface area (Å²) >= 11 is 1.87. The third-order valence-corrected chi connectivity index (χ3v) is 5.87. The number of hydrogen-bond acceptors (Lipinski definition) is 4. The molecule has 0 bridgehead atoms. The molecule has 3 N–H and O–H groups in total. The zero-order valence-corrected chi connectivity index (χ0v) is 14.7. The van der Waals surface area contributed by atoms with Gasteiger partial charge in [0.1, 0.15) is 0 Å². The molecule has 1 aromatic carbocycles. The molecule has 1 atom stereocenters. The van der Waals surface area contributed by atoms with Gasteiger partial charge in [0, 0.05) is 6.61 Å². The highest BCUT2D eigenvalue weighted by atomic mass is 32.1. The van der Waals surface area contributed by atoms with Crippen LogP contribution in [0.2, 0.25) is 0 Å². The third-order valence-electron chi connectivity index (χ3n) is 4.68. The van der Waals surface area contributed by atoms with E-state index in [4.69, 9.17) is 15.8 Å². The lowest BCUT2D eigenvalue weighted by Crippen LogP contribution is -2.14. The topological polar surface area (TPSA) is 59.1 Å². The standard InChI is InChI=1S/C19H26N2OS/c1-2-4-18-21-17-9-7-14-11-13(15(12-20)5-3-10-22)6-8-16(14)19(17)23-18/h6,8,11,15,22H,2-5,7,9-10,12,20H2,1H3/t15-/m0/s1. The molecule has 0 amide bonds. The van der Waals surface area contributed by atoms with Gasteiger partial charge >= 0.3 is 0 Å². The number of hydrogen-bond donors (Lipinski definition) is 2. The summed E-state index contributed by atoms with van der Waals surface area (Å²) in [4.78, 5) is 6.20. The molecule has 0 radical (unpaired) electrons. The van der Waals surface area contributed by atoms with Crippen LogP contribution in [0.5, 0.6) is 0 Å². The van der Waals surface area contributed by atoms with Gasteiger partial charge in [0.25, 0.3) is 0 Å². The molecule has 4 heteroatoms. The van der Waals surface area contributed by atoms with Crippen molar-refractivity contribution in [2.75, 3.05) is 13.2 Å². The van der Waals surface area contributed by atoms with Crippen molar-refractivity contribution >= 4 is 11.3 Å². The van der Waals surface area contributed by atoms with Gasteiger partial charge in [-0.3, -0.25) is 0 Å². The maximum Gasteiger partial charge on any atom is 0.0934 e. The number of rotatable bonds is 7. The van der Waals surface area contributed by atoms with Gasteiger partial charge in [0.15, 0.2) is 0 Å². The zero-order chi connectivity index (χ0) is 16.2. The number of aliphatic hydroxyl groups excluding tert-OH is 1. The number of thiazole rings is 1. The van der Waals surface area contributed by atoms with E-state index in [1.807, 2.05) is 11.3 Å². The van der Waals surface area contributed by atoms with Crippen molar-refractivity contribution in [3.63, 3.8) is 0 Å². The largest absolute Gasteiger partial charge is 0.396 e. The molecule has 1 aromatic heterocycles. The molecule has 1 aliphatic carbocycles. The SMILES string of the molecule is CCCc1nc2c(s1)-c1ccc([C@H](CN)CCCO)cc1CC2. The second-order valence-electron chi connectivity index (χ2n) is 6.35. The number of nitrogens with two attached hydrogens (primary N) is 1. The third kappa shape index (κ3) is 3.49. The van der Waals surface area contributed by atoms with E-state index in [1.54, 1.807) is 0 Å². The molecule has 0 aliphatic heterocycles. The van der Waals surface area contributed by atoms with Gasteiger partial charge in [-0.2, -0.15) is 0 Å². The van der Waals surface area contributed by atoms with E-state index in [2.05, 4.69) is 25.1 Å². The predicted molar refractivity (Wildman–Crippen MR) is 97.1 cm³/mol. The molecule has 3 rings (SSSR count). The van der Waals surface area contributed by atoms with Crippen molar-refractivity contribution in [2.24, 2.45) is 5.73 Å². The Kier molecular flexibility index (Phi) is 5.46. The first-order valence-corrected chi connectivity index (χ1v) is 9.51. The Morgan fingerprint density at radius 1 is 1.35 bits per heavy atom. The fourth-order valence-electron chi connectivity index (χ4n) is 3.41. The summed E-state index contributed by atoms with van der Waals surface area (Å²) < 4.78 is 0. The maximum absolute atomic E-state index is 9.06. The van der Waals surface area contributed by atoms with Crippen LogP contribution in [0.15, 0.2) is 18.2 Å². The molecular formula is C19H26N2OS. The van der Waals surface area contributed by atoms with Gasteiger partial charge < -0.3 is 10.8 Å². The molecule has 0 fully saturated rings. The van der Waals surface area contributed by atoms with E-state index in [1.165, 1.54) is 32.3 Å². The van der Waals surface area contributed by atoms with Crippen molar-refractivity contribution in [1.82, 2.24) is 4.98 Å². The van der Waals surface area contributed by atoms with Crippen LogP contribution < -0.4 is 5.73 Å². The summed E-state index contributed by atoms with van der Waals surface area (Å²) in [6.45, 7) is 3.09. The van der Waals surface area contributed by atoms with E-state index < -0.39 is 0 Å². The lowest BCUT2D eigenvalue weighted by Gasteiger charge is -2.20. The first-order chi connectivity index (χ1) is 11.3. The lowest BCUT2D eigenvalue weighted by molar-refractivity contribution is 0.280. The molecular weight excluding hydrogens is 304 g/mol. The molecule has 0 saturated heterocycles. The molecule has 2 aromatic rings. The summed E-state index contributed by atoms with van der Waals surface area (Å²) in [5.74, 6) is 0.353. The van der Waals surface area contributed by atoms with Crippen molar-refractivity contribution in [3.05, 3.63) is 40.0 Å². The van der Waals surface area contributed by atoms with Crippen molar-refractivity contribution in [3.8, 4) is 10.4 Å². The molecule has 124 valence electrons. The Labute approximate surface area is 142 Å². The smallest absolute Gasteiger partial charge is 0.0934 e. The molecule has 1 aliphatic rings. The van der Waals surface area contributed by atoms with Gasteiger partial charge in [0.2, 0.25) is 0 Å². The van der Waals surface area contributed by atoms with E-state index in [9.17, 15) is 0 Å². The molecule has 0 unspecified atom stereocenters. The van der Waals surface area contributed by atoms with Crippen LogP contribution in [0.25, 0.3) is 10.4 Å². The van der Waals surface area contributed by atoms with Crippen molar-refractivity contribution in [2.45, 2.75) is 51.4 Å². The van der Waals surface area contributed by atoms with E-state index in [0.717, 1.165) is 38.5 Å². The van der Waals surface area contributed by atoms with Gasteiger partial charge in [-0.05, 0) is 67.7 Å². The minimum atomic E-state index is 0.242. The quantitative estimate of drug-likeness (QED) is 0.814. The van der Waals surface area contributed by atoms with Gasteiger partial charge in [-0.25, -0.2) is 4.98 Å². The van der Waals surface area contributed by atoms with Crippen LogP contribution in [0.4, 0.5) is 0 Å². The average molecular weight is 330 g/mol. The highest BCUT2D eigenvalue weighted by Crippen LogP contribution is 2.39. The normalized spacial score (nSPS) is 14.4. The Balaban J connectivity index is 1.89. The number of aryl methyl sites for hydroxylation is 3. The molecule has 3 nitrogen and oxygen atoms in total. The highest BCUT2D eigenvalue weighted by molar-refractivity contribution is 7.15. The monoisotopic (exact) mass is 330 g/mol. The summed E-state index contributed by atoms with van der Waals surface area (Å²) in [6.07, 6.45) is 6.14. The Hall–Kier alpha value is -1.23. The van der Waals surface area contributed by atoms with E-state index in [0.29, 0.717) is 12.5 Å². The Morgan fingerprint density at radius 2 is 2.22 bits per heavy atom. The lowest BCUT2D eigenvalue weighted by atomic mass is 9.87. The van der Waals surface area contributed by atoms with Crippen LogP contribution in [0, 0.1) is 0 Å². The fraction of sp³-hybridized carbons (Fsp3) is 0.526. The minimum Gasteiger partial charge on any atom is -0.396 e. The van der Waals surface area contributed by atoms with Crippen LogP contribution in [0.1, 0.15) is 53.9 Å². The number of nitrogens with zero attached hydrogens (tertiary/aromatic N) is 1. The van der Waals surface area contributed by atoms with E-state index in [-0.39, 0.29) is 6.61 Å². The first kappa shape index (κ1) is 16.6. The molecule has 0 saturated carbocycles. The summed E-state index contributed by atoms with van der Waals surface area (Å²) in [6, 6.07) is 6.83. The number of benzene rings is 1. The predicted octanol–water partition coefficient (Wildman–Crippen LogP) is 3.68. The fourth-order valence-corrected chi connectivity index (χ4v) is 4.68. The van der Waals surface area contributed by atoms with E-state index >= 15 is 0 Å². The highest BCUT2D eigenvalue weighted by Gasteiger charge is 2.22. The van der Waals surface area contributed by atoms with Gasteiger partial charge in [0.05, 0.1) is 15.6 Å². The van der Waals surface area contributed by atoms with Crippen LogP contribution in [-0.4, -0.2) is 23.2 Å². The maximum atomic E-state index is 9.06.